The van der Waals surface area contributed by atoms with Crippen LogP contribution in [0.15, 0.2) is 41.1 Å². The molecular weight excluding hydrogens is 356 g/mol. The van der Waals surface area contributed by atoms with E-state index in [-0.39, 0.29) is 17.4 Å². The van der Waals surface area contributed by atoms with Gasteiger partial charge in [-0.3, -0.25) is 4.79 Å². The molecule has 0 bridgehead atoms. The minimum absolute atomic E-state index is 0.116. The number of carbonyl (C=O) groups excluding carboxylic acids is 1. The molecule has 1 unspecified atom stereocenters. The van der Waals surface area contributed by atoms with Crippen molar-refractivity contribution in [2.45, 2.75) is 44.1 Å². The summed E-state index contributed by atoms with van der Waals surface area (Å²) in [5.41, 5.74) is 1.39. The van der Waals surface area contributed by atoms with Crippen LogP contribution in [0.25, 0.3) is 11.6 Å². The Bertz CT molecular complexity index is 991. The highest BCUT2D eigenvalue weighted by molar-refractivity contribution is 5.91. The van der Waals surface area contributed by atoms with E-state index in [2.05, 4.69) is 32.6 Å². The second-order valence-corrected chi connectivity index (χ2v) is 7.59. The lowest BCUT2D eigenvalue weighted by Crippen LogP contribution is -2.38. The first-order chi connectivity index (χ1) is 13.7. The molecule has 1 aromatic carbocycles. The molecule has 1 amide bonds. The molecule has 5 rings (SSSR count). The molecule has 1 aliphatic heterocycles. The Morgan fingerprint density at radius 1 is 1.29 bits per heavy atom. The maximum atomic E-state index is 13.2. The molecule has 1 saturated heterocycles. The summed E-state index contributed by atoms with van der Waals surface area (Å²) in [7, 11) is 0. The first kappa shape index (κ1) is 17.1. The average molecular weight is 378 g/mol. The third-order valence-electron chi connectivity index (χ3n) is 5.82. The van der Waals surface area contributed by atoms with Crippen LogP contribution < -0.4 is 0 Å². The number of amides is 1. The van der Waals surface area contributed by atoms with Crippen molar-refractivity contribution in [1.29, 1.82) is 0 Å². The molecule has 8 heteroatoms. The number of hydrogen-bond acceptors (Lipinski definition) is 6. The highest BCUT2D eigenvalue weighted by Gasteiger charge is 2.53. The molecular formula is C20H22N6O2. The Labute approximate surface area is 162 Å². The standard InChI is InChI=1S/C20H22N6O2/c1-2-17-21-18(28-23-17)16-13-26(24-22-16)15-8-11-25(12-15)19(27)20(9-10-20)14-6-4-3-5-7-14/h3-7,13,15H,2,8-12H2,1H3. The van der Waals surface area contributed by atoms with Crippen LogP contribution in [0, 0.1) is 0 Å². The number of carbonyl (C=O) groups is 1. The second-order valence-electron chi connectivity index (χ2n) is 7.59. The molecule has 28 heavy (non-hydrogen) atoms. The molecule has 0 spiro atoms. The van der Waals surface area contributed by atoms with Gasteiger partial charge in [0, 0.05) is 19.5 Å². The van der Waals surface area contributed by atoms with Gasteiger partial charge >= 0.3 is 0 Å². The van der Waals surface area contributed by atoms with Gasteiger partial charge < -0.3 is 9.42 Å². The fourth-order valence-corrected chi connectivity index (χ4v) is 4.01. The molecule has 1 aliphatic carbocycles. The molecule has 1 saturated carbocycles. The zero-order valence-electron chi connectivity index (χ0n) is 15.8. The average Bonchev–Trinajstić information content (AvgIpc) is 3.14. The van der Waals surface area contributed by atoms with Gasteiger partial charge in [-0.15, -0.1) is 5.10 Å². The SMILES string of the molecule is CCc1noc(-c2cn(C3CCN(C(=O)C4(c5ccccc5)CC4)C3)nn2)n1. The largest absolute Gasteiger partial charge is 0.340 e. The van der Waals surface area contributed by atoms with Gasteiger partial charge in [-0.2, -0.15) is 4.98 Å². The van der Waals surface area contributed by atoms with Crippen molar-refractivity contribution in [3.05, 3.63) is 47.9 Å². The predicted octanol–water partition coefficient (Wildman–Crippen LogP) is 2.40. The van der Waals surface area contributed by atoms with Crippen LogP contribution in [0.4, 0.5) is 0 Å². The zero-order valence-corrected chi connectivity index (χ0v) is 15.8. The van der Waals surface area contributed by atoms with E-state index < -0.39 is 0 Å². The van der Waals surface area contributed by atoms with Crippen molar-refractivity contribution in [2.75, 3.05) is 13.1 Å². The van der Waals surface area contributed by atoms with Gasteiger partial charge in [0.2, 0.25) is 5.91 Å². The number of benzene rings is 1. The number of hydrogen-bond donors (Lipinski definition) is 0. The first-order valence-electron chi connectivity index (χ1n) is 9.79. The molecule has 2 aromatic heterocycles. The zero-order chi connectivity index (χ0) is 19.1. The van der Waals surface area contributed by atoms with Gasteiger partial charge in [-0.05, 0) is 24.8 Å². The molecule has 144 valence electrons. The van der Waals surface area contributed by atoms with E-state index in [9.17, 15) is 4.79 Å². The van der Waals surface area contributed by atoms with E-state index in [0.717, 1.165) is 31.4 Å². The topological polar surface area (TPSA) is 89.9 Å². The molecule has 3 aromatic rings. The van der Waals surface area contributed by atoms with E-state index in [1.807, 2.05) is 40.9 Å². The molecule has 0 radical (unpaired) electrons. The van der Waals surface area contributed by atoms with Crippen molar-refractivity contribution >= 4 is 5.91 Å². The highest BCUT2D eigenvalue weighted by Crippen LogP contribution is 2.50. The summed E-state index contributed by atoms with van der Waals surface area (Å²) in [6, 6.07) is 10.3. The van der Waals surface area contributed by atoms with Crippen LogP contribution in [0.3, 0.4) is 0 Å². The number of aryl methyl sites for hydroxylation is 1. The van der Waals surface area contributed by atoms with Crippen LogP contribution in [0.5, 0.6) is 0 Å². The Morgan fingerprint density at radius 2 is 2.11 bits per heavy atom. The number of likely N-dealkylation sites (tertiary alicyclic amines) is 1. The van der Waals surface area contributed by atoms with Crippen molar-refractivity contribution in [3.63, 3.8) is 0 Å². The smallest absolute Gasteiger partial charge is 0.280 e. The Hall–Kier alpha value is -3.03. The fraction of sp³-hybridized carbons (Fsp3) is 0.450. The van der Waals surface area contributed by atoms with E-state index >= 15 is 0 Å². The third-order valence-corrected chi connectivity index (χ3v) is 5.82. The van der Waals surface area contributed by atoms with Gasteiger partial charge in [-0.1, -0.05) is 47.6 Å². The van der Waals surface area contributed by atoms with Gasteiger partial charge in [0.1, 0.15) is 0 Å². The molecule has 2 aliphatic rings. The predicted molar refractivity (Wildman–Crippen MR) is 100 cm³/mol. The monoisotopic (exact) mass is 378 g/mol. The van der Waals surface area contributed by atoms with Crippen LogP contribution >= 0.6 is 0 Å². The number of rotatable bonds is 5. The summed E-state index contributed by atoms with van der Waals surface area (Å²) in [4.78, 5) is 19.5. The summed E-state index contributed by atoms with van der Waals surface area (Å²) in [5.74, 6) is 1.28. The van der Waals surface area contributed by atoms with E-state index in [1.165, 1.54) is 0 Å². The molecule has 2 fully saturated rings. The fourth-order valence-electron chi connectivity index (χ4n) is 4.01. The Kier molecular flexibility index (Phi) is 3.99. The summed E-state index contributed by atoms with van der Waals surface area (Å²) in [6.07, 6.45) is 5.27. The molecule has 0 N–H and O–H groups in total. The Morgan fingerprint density at radius 3 is 2.82 bits per heavy atom. The first-order valence-corrected chi connectivity index (χ1v) is 9.79. The second kappa shape index (κ2) is 6.54. The number of aromatic nitrogens is 5. The minimum atomic E-state index is -0.315. The van der Waals surface area contributed by atoms with Crippen LogP contribution in [0.2, 0.25) is 0 Å². The van der Waals surface area contributed by atoms with Crippen molar-refractivity contribution < 1.29 is 9.32 Å². The lowest BCUT2D eigenvalue weighted by molar-refractivity contribution is -0.133. The van der Waals surface area contributed by atoms with Gasteiger partial charge in [0.05, 0.1) is 17.7 Å². The maximum absolute atomic E-state index is 13.2. The minimum Gasteiger partial charge on any atom is -0.340 e. The molecule has 3 heterocycles. The lowest BCUT2D eigenvalue weighted by Gasteiger charge is -2.23. The number of nitrogens with zero attached hydrogens (tertiary/aromatic N) is 6. The van der Waals surface area contributed by atoms with Crippen molar-refractivity contribution in [2.24, 2.45) is 0 Å². The quantitative estimate of drug-likeness (QED) is 0.677. The molecule has 8 nitrogen and oxygen atoms in total. The van der Waals surface area contributed by atoms with Crippen molar-refractivity contribution in [1.82, 2.24) is 30.0 Å². The van der Waals surface area contributed by atoms with Crippen molar-refractivity contribution in [3.8, 4) is 11.6 Å². The van der Waals surface area contributed by atoms with E-state index in [4.69, 9.17) is 4.52 Å². The normalized spacial score (nSPS) is 20.5. The molecule has 1 atom stereocenters. The highest BCUT2D eigenvalue weighted by atomic mass is 16.5. The Balaban J connectivity index is 1.29. The summed E-state index contributed by atoms with van der Waals surface area (Å²) in [6.45, 7) is 3.37. The van der Waals surface area contributed by atoms with Crippen LogP contribution in [0.1, 0.15) is 43.6 Å². The van der Waals surface area contributed by atoms with Crippen LogP contribution in [-0.2, 0) is 16.6 Å². The third kappa shape index (κ3) is 2.80. The van der Waals surface area contributed by atoms with Crippen LogP contribution in [-0.4, -0.2) is 49.0 Å². The lowest BCUT2D eigenvalue weighted by atomic mass is 9.94. The summed E-state index contributed by atoms with van der Waals surface area (Å²) < 4.78 is 7.06. The van der Waals surface area contributed by atoms with E-state index in [1.54, 1.807) is 0 Å². The van der Waals surface area contributed by atoms with Gasteiger partial charge in [0.25, 0.3) is 5.89 Å². The summed E-state index contributed by atoms with van der Waals surface area (Å²) in [5, 5.41) is 12.3. The van der Waals surface area contributed by atoms with Gasteiger partial charge in [-0.25, -0.2) is 4.68 Å². The summed E-state index contributed by atoms with van der Waals surface area (Å²) >= 11 is 0. The van der Waals surface area contributed by atoms with E-state index in [0.29, 0.717) is 30.4 Å². The van der Waals surface area contributed by atoms with Gasteiger partial charge in [0.15, 0.2) is 11.5 Å². The maximum Gasteiger partial charge on any atom is 0.280 e.